The van der Waals surface area contributed by atoms with E-state index in [9.17, 15) is 4.79 Å². The smallest absolute Gasteiger partial charge is 0.259 e. The van der Waals surface area contributed by atoms with Gasteiger partial charge in [0.15, 0.2) is 5.65 Å². The van der Waals surface area contributed by atoms with E-state index >= 15 is 0 Å². The van der Waals surface area contributed by atoms with Crippen molar-refractivity contribution in [2.24, 2.45) is 0 Å². The summed E-state index contributed by atoms with van der Waals surface area (Å²) in [6.07, 6.45) is 4.40. The van der Waals surface area contributed by atoms with Crippen molar-refractivity contribution in [2.75, 3.05) is 5.32 Å². The molecule has 4 rings (SSSR count). The number of aryl methyl sites for hydroxylation is 1. The summed E-state index contributed by atoms with van der Waals surface area (Å²) in [6, 6.07) is 8.09. The molecule has 0 saturated carbocycles. The van der Waals surface area contributed by atoms with Crippen LogP contribution in [0, 0.1) is 6.92 Å². The zero-order valence-electron chi connectivity index (χ0n) is 15.9. The number of anilines is 1. The van der Waals surface area contributed by atoms with Crippen molar-refractivity contribution < 1.29 is 4.79 Å². The Hall–Kier alpha value is -2.69. The molecule has 0 aliphatic heterocycles. The highest BCUT2D eigenvalue weighted by molar-refractivity contribution is 6.05. The first-order valence-corrected chi connectivity index (χ1v) is 8.95. The molecule has 0 saturated heterocycles. The van der Waals surface area contributed by atoms with E-state index in [0.717, 1.165) is 23.4 Å². The van der Waals surface area contributed by atoms with Gasteiger partial charge in [0.1, 0.15) is 0 Å². The maximum atomic E-state index is 12.8. The van der Waals surface area contributed by atoms with E-state index < -0.39 is 0 Å². The molecule has 0 radical (unpaired) electrons. The molecular formula is C21H24N4O. The molecule has 1 N–H and O–H groups in total. The number of nitrogens with zero attached hydrogens (tertiary/aromatic N) is 3. The fourth-order valence-corrected chi connectivity index (χ4v) is 4.48. The quantitative estimate of drug-likeness (QED) is 0.753. The minimum Gasteiger partial charge on any atom is -0.322 e. The maximum absolute atomic E-state index is 12.8. The third-order valence-electron chi connectivity index (χ3n) is 5.52. The number of aromatic nitrogens is 3. The molecular weight excluding hydrogens is 324 g/mol. The Morgan fingerprint density at radius 1 is 1.12 bits per heavy atom. The number of carbonyl (C=O) groups is 1. The van der Waals surface area contributed by atoms with Crippen LogP contribution in [0.15, 0.2) is 36.7 Å². The lowest BCUT2D eigenvalue weighted by molar-refractivity contribution is 0.102. The van der Waals surface area contributed by atoms with Gasteiger partial charge in [0.2, 0.25) is 0 Å². The van der Waals surface area contributed by atoms with Gasteiger partial charge in [0.05, 0.1) is 17.5 Å². The van der Waals surface area contributed by atoms with Gasteiger partial charge in [-0.25, -0.2) is 9.50 Å². The topological polar surface area (TPSA) is 59.3 Å². The molecule has 0 fully saturated rings. The number of benzene rings is 1. The monoisotopic (exact) mass is 348 g/mol. The number of amides is 1. The van der Waals surface area contributed by atoms with Crippen LogP contribution in [-0.2, 0) is 10.8 Å². The van der Waals surface area contributed by atoms with Gasteiger partial charge in [-0.05, 0) is 47.4 Å². The summed E-state index contributed by atoms with van der Waals surface area (Å²) in [5.41, 5.74) is 5.81. The first-order valence-electron chi connectivity index (χ1n) is 8.95. The predicted octanol–water partition coefficient (Wildman–Crippen LogP) is 4.25. The standard InChI is InChI=1S/C21H24N4O/c1-13-15(11-22-18-8-9-23-25(13)18)19(26)24-14-6-7-16-17(10-14)21(4,5)12-20(16,2)3/h6-11H,12H2,1-5H3,(H,24,26). The normalized spacial score (nSPS) is 17.3. The highest BCUT2D eigenvalue weighted by atomic mass is 16.1. The average molecular weight is 348 g/mol. The van der Waals surface area contributed by atoms with Crippen molar-refractivity contribution >= 4 is 17.2 Å². The Balaban J connectivity index is 1.67. The van der Waals surface area contributed by atoms with Gasteiger partial charge in [0, 0.05) is 18.0 Å². The summed E-state index contributed by atoms with van der Waals surface area (Å²) in [6.45, 7) is 11.0. The van der Waals surface area contributed by atoms with Gasteiger partial charge < -0.3 is 5.32 Å². The van der Waals surface area contributed by atoms with E-state index in [1.165, 1.54) is 11.1 Å². The zero-order valence-corrected chi connectivity index (χ0v) is 15.9. The van der Waals surface area contributed by atoms with Crippen LogP contribution in [0.3, 0.4) is 0 Å². The molecule has 2 aromatic heterocycles. The highest BCUT2D eigenvalue weighted by Crippen LogP contribution is 2.49. The van der Waals surface area contributed by atoms with Crippen LogP contribution in [0.5, 0.6) is 0 Å². The summed E-state index contributed by atoms with van der Waals surface area (Å²) in [4.78, 5) is 17.1. The van der Waals surface area contributed by atoms with Crippen LogP contribution < -0.4 is 5.32 Å². The Morgan fingerprint density at radius 3 is 2.62 bits per heavy atom. The summed E-state index contributed by atoms with van der Waals surface area (Å²) in [7, 11) is 0. The first-order chi connectivity index (χ1) is 12.2. The minimum absolute atomic E-state index is 0.102. The lowest BCUT2D eigenvalue weighted by atomic mass is 9.82. The largest absolute Gasteiger partial charge is 0.322 e. The maximum Gasteiger partial charge on any atom is 0.259 e. The SMILES string of the molecule is Cc1c(C(=O)Nc2ccc3c(c2)C(C)(C)CC3(C)C)cnc2ccnn12. The molecule has 5 nitrogen and oxygen atoms in total. The van der Waals surface area contributed by atoms with Crippen LogP contribution in [0.25, 0.3) is 5.65 Å². The number of rotatable bonds is 2. The van der Waals surface area contributed by atoms with Gasteiger partial charge in [-0.1, -0.05) is 33.8 Å². The summed E-state index contributed by atoms with van der Waals surface area (Å²) < 4.78 is 1.68. The molecule has 26 heavy (non-hydrogen) atoms. The van der Waals surface area contributed by atoms with E-state index in [1.807, 2.05) is 19.1 Å². The van der Waals surface area contributed by atoms with Gasteiger partial charge in [0.25, 0.3) is 5.91 Å². The molecule has 1 aliphatic carbocycles. The number of hydrogen-bond acceptors (Lipinski definition) is 3. The number of fused-ring (bicyclic) bond motifs is 2. The van der Waals surface area contributed by atoms with Crippen molar-refractivity contribution in [3.8, 4) is 0 Å². The summed E-state index contributed by atoms with van der Waals surface area (Å²) in [5, 5.41) is 7.26. The molecule has 134 valence electrons. The fraction of sp³-hybridized carbons (Fsp3) is 0.381. The van der Waals surface area contributed by atoms with Crippen LogP contribution in [-0.4, -0.2) is 20.5 Å². The predicted molar refractivity (Wildman–Crippen MR) is 103 cm³/mol. The first kappa shape index (κ1) is 16.8. The van der Waals surface area contributed by atoms with Crippen LogP contribution in [0.1, 0.15) is 61.3 Å². The van der Waals surface area contributed by atoms with Crippen LogP contribution in [0.2, 0.25) is 0 Å². The highest BCUT2D eigenvalue weighted by Gasteiger charge is 2.41. The summed E-state index contributed by atoms with van der Waals surface area (Å²) >= 11 is 0. The van der Waals surface area contributed by atoms with Crippen molar-refractivity contribution in [2.45, 2.75) is 51.9 Å². The van der Waals surface area contributed by atoms with E-state index in [1.54, 1.807) is 16.9 Å². The van der Waals surface area contributed by atoms with Crippen molar-refractivity contribution in [3.05, 3.63) is 59.0 Å². The molecule has 1 aromatic carbocycles. The molecule has 3 aromatic rings. The number of carbonyl (C=O) groups excluding carboxylic acids is 1. The number of hydrogen-bond donors (Lipinski definition) is 1. The lowest BCUT2D eigenvalue weighted by Gasteiger charge is -2.22. The van der Waals surface area contributed by atoms with Crippen molar-refractivity contribution in [3.63, 3.8) is 0 Å². The lowest BCUT2D eigenvalue weighted by Crippen LogP contribution is -2.18. The third-order valence-corrected chi connectivity index (χ3v) is 5.52. The van der Waals surface area contributed by atoms with Gasteiger partial charge in [-0.2, -0.15) is 5.10 Å². The van der Waals surface area contributed by atoms with E-state index in [0.29, 0.717) is 5.56 Å². The second-order valence-electron chi connectivity index (χ2n) is 8.52. The van der Waals surface area contributed by atoms with Gasteiger partial charge in [-0.15, -0.1) is 0 Å². The minimum atomic E-state index is -0.164. The molecule has 0 bridgehead atoms. The Kier molecular flexibility index (Phi) is 3.48. The van der Waals surface area contributed by atoms with E-state index in [2.05, 4.69) is 55.2 Å². The van der Waals surface area contributed by atoms with E-state index in [4.69, 9.17) is 0 Å². The summed E-state index contributed by atoms with van der Waals surface area (Å²) in [5.74, 6) is -0.164. The average Bonchev–Trinajstić information content (AvgIpc) is 3.09. The second kappa shape index (κ2) is 5.40. The Labute approximate surface area is 153 Å². The van der Waals surface area contributed by atoms with Crippen LogP contribution in [0.4, 0.5) is 5.69 Å². The van der Waals surface area contributed by atoms with Crippen molar-refractivity contribution in [1.29, 1.82) is 0 Å². The molecule has 0 unspecified atom stereocenters. The molecule has 1 aliphatic rings. The Morgan fingerprint density at radius 2 is 1.85 bits per heavy atom. The Bertz CT molecular complexity index is 1030. The van der Waals surface area contributed by atoms with Crippen molar-refractivity contribution in [1.82, 2.24) is 14.6 Å². The van der Waals surface area contributed by atoms with Gasteiger partial charge in [-0.3, -0.25) is 4.79 Å². The molecule has 1 amide bonds. The molecule has 5 heteroatoms. The number of nitrogens with one attached hydrogen (secondary N) is 1. The van der Waals surface area contributed by atoms with E-state index in [-0.39, 0.29) is 16.7 Å². The molecule has 2 heterocycles. The van der Waals surface area contributed by atoms with Gasteiger partial charge >= 0.3 is 0 Å². The second-order valence-corrected chi connectivity index (χ2v) is 8.52. The fourth-order valence-electron chi connectivity index (χ4n) is 4.48. The third kappa shape index (κ3) is 2.50. The molecule has 0 atom stereocenters. The zero-order chi connectivity index (χ0) is 18.7. The van der Waals surface area contributed by atoms with Crippen LogP contribution >= 0.6 is 0 Å². The molecule has 0 spiro atoms.